The van der Waals surface area contributed by atoms with Gasteiger partial charge in [0, 0.05) is 30.9 Å². The summed E-state index contributed by atoms with van der Waals surface area (Å²) in [4.78, 5) is 6.80. The third-order valence-corrected chi connectivity index (χ3v) is 3.77. The van der Waals surface area contributed by atoms with E-state index in [0.717, 1.165) is 25.3 Å². The molecule has 1 aromatic rings. The molecule has 1 saturated heterocycles. The van der Waals surface area contributed by atoms with Gasteiger partial charge in [-0.05, 0) is 6.92 Å². The zero-order valence-electron chi connectivity index (χ0n) is 9.53. The van der Waals surface area contributed by atoms with E-state index in [1.807, 2.05) is 6.92 Å². The highest BCUT2D eigenvalue weighted by Gasteiger charge is 2.36. The summed E-state index contributed by atoms with van der Waals surface area (Å²) in [6, 6.07) is 0. The first-order chi connectivity index (χ1) is 6.96. The zero-order chi connectivity index (χ0) is 11.1. The van der Waals surface area contributed by atoms with Gasteiger partial charge in [0.25, 0.3) is 0 Å². The van der Waals surface area contributed by atoms with Crippen LogP contribution in [-0.4, -0.2) is 33.7 Å². The number of nitrogens with zero attached hydrogens (tertiary/aromatic N) is 2. The van der Waals surface area contributed by atoms with Crippen LogP contribution in [0.3, 0.4) is 0 Å². The van der Waals surface area contributed by atoms with Gasteiger partial charge in [0.05, 0.1) is 16.3 Å². The largest absolute Gasteiger partial charge is 0.388 e. The van der Waals surface area contributed by atoms with Gasteiger partial charge >= 0.3 is 0 Å². The second-order valence-corrected chi connectivity index (χ2v) is 5.86. The Labute approximate surface area is 94.8 Å². The van der Waals surface area contributed by atoms with E-state index in [-0.39, 0.29) is 0 Å². The van der Waals surface area contributed by atoms with Crippen molar-refractivity contribution in [3.63, 3.8) is 0 Å². The molecule has 1 aromatic heterocycles. The van der Waals surface area contributed by atoms with Crippen LogP contribution in [0.1, 0.15) is 37.4 Å². The molecule has 1 aliphatic heterocycles. The van der Waals surface area contributed by atoms with Crippen LogP contribution in [0.4, 0.5) is 0 Å². The first-order valence-electron chi connectivity index (χ1n) is 5.35. The van der Waals surface area contributed by atoms with Crippen molar-refractivity contribution in [2.24, 2.45) is 0 Å². The fraction of sp³-hybridized carbons (Fsp3) is 0.727. The summed E-state index contributed by atoms with van der Waals surface area (Å²) < 4.78 is 0. The molecule has 2 rings (SSSR count). The van der Waals surface area contributed by atoms with Crippen LogP contribution < -0.4 is 0 Å². The molecular weight excluding hydrogens is 208 g/mol. The smallest absolute Gasteiger partial charge is 0.0954 e. The van der Waals surface area contributed by atoms with Gasteiger partial charge in [0.2, 0.25) is 0 Å². The average molecular weight is 226 g/mol. The van der Waals surface area contributed by atoms with Crippen molar-refractivity contribution in [1.82, 2.24) is 9.88 Å². The summed E-state index contributed by atoms with van der Waals surface area (Å²) >= 11 is 1.73. The fourth-order valence-corrected chi connectivity index (χ4v) is 2.74. The molecule has 0 atom stereocenters. The molecule has 3 nitrogen and oxygen atoms in total. The summed E-state index contributed by atoms with van der Waals surface area (Å²) in [5, 5.41) is 12.9. The summed E-state index contributed by atoms with van der Waals surface area (Å²) in [5.41, 5.74) is 0.663. The van der Waals surface area contributed by atoms with E-state index in [9.17, 15) is 5.11 Å². The Balaban J connectivity index is 1.89. The van der Waals surface area contributed by atoms with Crippen molar-refractivity contribution in [3.05, 3.63) is 16.1 Å². The SMILES string of the molecule is CC(C)c1nc(CN2CC(C)(O)C2)cs1. The average Bonchev–Trinajstić information content (AvgIpc) is 2.49. The van der Waals surface area contributed by atoms with Crippen LogP contribution in [0, 0.1) is 0 Å². The Hall–Kier alpha value is -0.450. The lowest BCUT2D eigenvalue weighted by atomic mass is 9.97. The van der Waals surface area contributed by atoms with Crippen LogP contribution in [0.25, 0.3) is 0 Å². The first-order valence-corrected chi connectivity index (χ1v) is 6.23. The number of hydrogen-bond acceptors (Lipinski definition) is 4. The Kier molecular flexibility index (Phi) is 2.83. The van der Waals surface area contributed by atoms with Gasteiger partial charge in [-0.3, -0.25) is 4.90 Å². The second-order valence-electron chi connectivity index (χ2n) is 4.97. The van der Waals surface area contributed by atoms with Crippen molar-refractivity contribution >= 4 is 11.3 Å². The molecule has 0 unspecified atom stereocenters. The van der Waals surface area contributed by atoms with Crippen LogP contribution in [0.2, 0.25) is 0 Å². The second kappa shape index (κ2) is 3.85. The Morgan fingerprint density at radius 1 is 1.60 bits per heavy atom. The Bertz CT molecular complexity index is 338. The highest BCUT2D eigenvalue weighted by Crippen LogP contribution is 2.24. The minimum atomic E-state index is -0.475. The maximum Gasteiger partial charge on any atom is 0.0954 e. The van der Waals surface area contributed by atoms with Crippen LogP contribution in [0.5, 0.6) is 0 Å². The summed E-state index contributed by atoms with van der Waals surface area (Å²) in [5.74, 6) is 0.517. The Morgan fingerprint density at radius 2 is 2.27 bits per heavy atom. The molecule has 4 heteroatoms. The standard InChI is InChI=1S/C11H18N2OS/c1-8(2)10-12-9(5-15-10)4-13-6-11(3,14)7-13/h5,8,14H,4,6-7H2,1-3H3. The van der Waals surface area contributed by atoms with E-state index < -0.39 is 5.60 Å². The minimum Gasteiger partial charge on any atom is -0.388 e. The van der Waals surface area contributed by atoms with Crippen molar-refractivity contribution in [2.75, 3.05) is 13.1 Å². The predicted molar refractivity (Wildman–Crippen MR) is 62.1 cm³/mol. The Morgan fingerprint density at radius 3 is 2.73 bits per heavy atom. The number of aliphatic hydroxyl groups is 1. The lowest BCUT2D eigenvalue weighted by Gasteiger charge is -2.43. The van der Waals surface area contributed by atoms with E-state index in [1.165, 1.54) is 5.01 Å². The van der Waals surface area contributed by atoms with E-state index in [4.69, 9.17) is 0 Å². The van der Waals surface area contributed by atoms with Gasteiger partial charge in [-0.25, -0.2) is 4.98 Å². The quantitative estimate of drug-likeness (QED) is 0.854. The lowest BCUT2D eigenvalue weighted by molar-refractivity contribution is -0.0875. The normalized spacial score (nSPS) is 20.6. The van der Waals surface area contributed by atoms with Crippen molar-refractivity contribution in [1.29, 1.82) is 0 Å². The molecule has 1 aliphatic rings. The molecule has 0 radical (unpaired) electrons. The van der Waals surface area contributed by atoms with E-state index >= 15 is 0 Å². The number of rotatable bonds is 3. The van der Waals surface area contributed by atoms with E-state index in [0.29, 0.717) is 5.92 Å². The number of aromatic nitrogens is 1. The van der Waals surface area contributed by atoms with Gasteiger partial charge in [0.1, 0.15) is 0 Å². The van der Waals surface area contributed by atoms with Crippen LogP contribution >= 0.6 is 11.3 Å². The molecule has 1 N–H and O–H groups in total. The van der Waals surface area contributed by atoms with E-state index in [1.54, 1.807) is 11.3 Å². The molecular formula is C11H18N2OS. The van der Waals surface area contributed by atoms with Crippen molar-refractivity contribution in [2.45, 2.75) is 38.8 Å². The van der Waals surface area contributed by atoms with Crippen LogP contribution in [-0.2, 0) is 6.54 Å². The predicted octanol–water partition coefficient (Wildman–Crippen LogP) is 1.83. The minimum absolute atomic E-state index is 0.475. The van der Waals surface area contributed by atoms with Gasteiger partial charge < -0.3 is 5.11 Å². The lowest BCUT2D eigenvalue weighted by Crippen LogP contribution is -2.59. The number of likely N-dealkylation sites (tertiary alicyclic amines) is 1. The highest BCUT2D eigenvalue weighted by atomic mass is 32.1. The van der Waals surface area contributed by atoms with E-state index in [2.05, 4.69) is 29.1 Å². The van der Waals surface area contributed by atoms with Gasteiger partial charge in [0.15, 0.2) is 0 Å². The molecule has 0 saturated carbocycles. The summed E-state index contributed by atoms with van der Waals surface area (Å²) in [6.45, 7) is 8.61. The van der Waals surface area contributed by atoms with Crippen molar-refractivity contribution in [3.8, 4) is 0 Å². The third kappa shape index (κ3) is 2.56. The highest BCUT2D eigenvalue weighted by molar-refractivity contribution is 7.09. The molecule has 1 fully saturated rings. The first kappa shape index (κ1) is 11.0. The molecule has 0 bridgehead atoms. The fourth-order valence-electron chi connectivity index (χ4n) is 1.92. The number of hydrogen-bond donors (Lipinski definition) is 1. The third-order valence-electron chi connectivity index (χ3n) is 2.58. The maximum atomic E-state index is 9.60. The van der Waals surface area contributed by atoms with Gasteiger partial charge in [-0.2, -0.15) is 0 Å². The molecule has 0 aliphatic carbocycles. The monoisotopic (exact) mass is 226 g/mol. The zero-order valence-corrected chi connectivity index (χ0v) is 10.3. The maximum absolute atomic E-state index is 9.60. The molecule has 0 aromatic carbocycles. The summed E-state index contributed by atoms with van der Waals surface area (Å²) in [7, 11) is 0. The molecule has 0 spiro atoms. The van der Waals surface area contributed by atoms with Gasteiger partial charge in [-0.1, -0.05) is 13.8 Å². The summed E-state index contributed by atoms with van der Waals surface area (Å²) in [6.07, 6.45) is 0. The van der Waals surface area contributed by atoms with Crippen LogP contribution in [0.15, 0.2) is 5.38 Å². The number of thiazole rings is 1. The topological polar surface area (TPSA) is 36.4 Å². The molecule has 15 heavy (non-hydrogen) atoms. The number of β-amino-alcohol motifs (C(OH)–C–C–N with tert-alkyl or cyclic N) is 1. The molecule has 0 amide bonds. The molecule has 2 heterocycles. The molecule has 84 valence electrons. The van der Waals surface area contributed by atoms with Gasteiger partial charge in [-0.15, -0.1) is 11.3 Å². The van der Waals surface area contributed by atoms with Crippen molar-refractivity contribution < 1.29 is 5.11 Å².